The van der Waals surface area contributed by atoms with Crippen LogP contribution in [0.2, 0.25) is 0 Å². The Kier molecular flexibility index (Phi) is 11.9. The Morgan fingerprint density at radius 2 is 1.35 bits per heavy atom. The molecule has 0 aliphatic carbocycles. The SMILES string of the molecule is C=CC(=O)NCCCCCCC(CNC(=O)C=C)NC(=O)C=C. The molecule has 0 aromatic carbocycles. The van der Waals surface area contributed by atoms with Gasteiger partial charge < -0.3 is 16.0 Å². The third-order valence-corrected chi connectivity index (χ3v) is 3.20. The number of nitrogens with one attached hydrogen (secondary N) is 3. The molecule has 0 heterocycles. The molecule has 0 fully saturated rings. The summed E-state index contributed by atoms with van der Waals surface area (Å²) in [7, 11) is 0. The number of carbonyl (C=O) groups is 3. The molecule has 3 amide bonds. The van der Waals surface area contributed by atoms with Gasteiger partial charge in [0.2, 0.25) is 17.7 Å². The fourth-order valence-electron chi connectivity index (χ4n) is 1.93. The van der Waals surface area contributed by atoms with Crippen LogP contribution in [0.4, 0.5) is 0 Å². The first-order valence-corrected chi connectivity index (χ1v) is 7.77. The maximum Gasteiger partial charge on any atom is 0.243 e. The molecule has 0 saturated heterocycles. The van der Waals surface area contributed by atoms with Gasteiger partial charge in [-0.05, 0) is 31.1 Å². The lowest BCUT2D eigenvalue weighted by atomic mass is 10.1. The molecule has 0 spiro atoms. The number of hydrogen-bond donors (Lipinski definition) is 3. The molecular weight excluding hydrogens is 294 g/mol. The average molecular weight is 321 g/mol. The van der Waals surface area contributed by atoms with Gasteiger partial charge in [-0.2, -0.15) is 0 Å². The highest BCUT2D eigenvalue weighted by atomic mass is 16.2. The van der Waals surface area contributed by atoms with Crippen molar-refractivity contribution in [3.8, 4) is 0 Å². The molecular formula is C17H27N3O3. The number of hydrogen-bond acceptors (Lipinski definition) is 3. The summed E-state index contributed by atoms with van der Waals surface area (Å²) in [6, 6.07) is -0.134. The molecule has 6 heteroatoms. The molecule has 0 aliphatic rings. The third kappa shape index (κ3) is 11.9. The van der Waals surface area contributed by atoms with Gasteiger partial charge in [-0.1, -0.05) is 39.0 Å². The van der Waals surface area contributed by atoms with E-state index in [2.05, 4.69) is 35.7 Å². The topological polar surface area (TPSA) is 87.3 Å². The number of amides is 3. The first-order chi connectivity index (χ1) is 11.0. The molecule has 0 radical (unpaired) electrons. The lowest BCUT2D eigenvalue weighted by Crippen LogP contribution is -2.42. The highest BCUT2D eigenvalue weighted by Gasteiger charge is 2.11. The molecule has 0 aromatic rings. The van der Waals surface area contributed by atoms with E-state index in [1.54, 1.807) is 0 Å². The molecule has 0 saturated carbocycles. The van der Waals surface area contributed by atoms with Gasteiger partial charge in [0.1, 0.15) is 0 Å². The predicted octanol–water partition coefficient (Wildman–Crippen LogP) is 1.21. The van der Waals surface area contributed by atoms with Crippen molar-refractivity contribution in [3.05, 3.63) is 38.0 Å². The molecule has 0 rings (SSSR count). The van der Waals surface area contributed by atoms with Crippen molar-refractivity contribution in [2.45, 2.75) is 38.1 Å². The summed E-state index contributed by atoms with van der Waals surface area (Å²) in [4.78, 5) is 33.5. The summed E-state index contributed by atoms with van der Waals surface area (Å²) in [5.41, 5.74) is 0. The second-order valence-corrected chi connectivity index (χ2v) is 5.06. The summed E-state index contributed by atoms with van der Waals surface area (Å²) in [6.45, 7) is 11.2. The average Bonchev–Trinajstić information content (AvgIpc) is 2.57. The number of rotatable bonds is 13. The summed E-state index contributed by atoms with van der Waals surface area (Å²) in [5.74, 6) is -0.675. The van der Waals surface area contributed by atoms with Gasteiger partial charge in [0.15, 0.2) is 0 Å². The second-order valence-electron chi connectivity index (χ2n) is 5.06. The van der Waals surface area contributed by atoms with Crippen molar-refractivity contribution < 1.29 is 14.4 Å². The Labute approximate surface area is 138 Å². The molecule has 1 unspecified atom stereocenters. The quantitative estimate of drug-likeness (QED) is 0.352. The minimum absolute atomic E-state index is 0.134. The highest BCUT2D eigenvalue weighted by Crippen LogP contribution is 2.05. The Hall–Kier alpha value is -2.37. The van der Waals surface area contributed by atoms with Gasteiger partial charge in [-0.15, -0.1) is 0 Å². The normalized spacial score (nSPS) is 11.0. The van der Waals surface area contributed by atoms with Gasteiger partial charge in [0.25, 0.3) is 0 Å². The minimum Gasteiger partial charge on any atom is -0.353 e. The fraction of sp³-hybridized carbons (Fsp3) is 0.471. The van der Waals surface area contributed by atoms with Crippen LogP contribution in [0.25, 0.3) is 0 Å². The zero-order valence-corrected chi connectivity index (χ0v) is 13.6. The molecule has 3 N–H and O–H groups in total. The van der Waals surface area contributed by atoms with Crippen LogP contribution in [-0.4, -0.2) is 36.9 Å². The van der Waals surface area contributed by atoms with E-state index < -0.39 is 0 Å². The van der Waals surface area contributed by atoms with Crippen molar-refractivity contribution in [2.75, 3.05) is 13.1 Å². The van der Waals surface area contributed by atoms with Crippen molar-refractivity contribution in [1.29, 1.82) is 0 Å². The predicted molar refractivity (Wildman–Crippen MR) is 91.6 cm³/mol. The van der Waals surface area contributed by atoms with Gasteiger partial charge in [0.05, 0.1) is 0 Å². The standard InChI is InChI=1S/C17H27N3O3/c1-4-15(21)18-12-10-8-7-9-11-14(20-17(23)6-3)13-19-16(22)5-2/h4-6,14H,1-3,7-13H2,(H,18,21)(H,19,22)(H,20,23). The van der Waals surface area contributed by atoms with Gasteiger partial charge in [-0.3, -0.25) is 14.4 Å². The Balaban J connectivity index is 3.94. The summed E-state index contributed by atoms with van der Waals surface area (Å²) in [6.07, 6.45) is 8.21. The van der Waals surface area contributed by atoms with Crippen LogP contribution >= 0.6 is 0 Å². The van der Waals surface area contributed by atoms with Crippen LogP contribution in [0.1, 0.15) is 32.1 Å². The van der Waals surface area contributed by atoms with Crippen molar-refractivity contribution in [1.82, 2.24) is 16.0 Å². The maximum absolute atomic E-state index is 11.4. The minimum atomic E-state index is -0.263. The molecule has 1 atom stereocenters. The highest BCUT2D eigenvalue weighted by molar-refractivity contribution is 5.88. The molecule has 0 bridgehead atoms. The maximum atomic E-state index is 11.4. The zero-order valence-electron chi connectivity index (χ0n) is 13.6. The number of unbranched alkanes of at least 4 members (excludes halogenated alkanes) is 3. The third-order valence-electron chi connectivity index (χ3n) is 3.20. The van der Waals surface area contributed by atoms with Gasteiger partial charge in [0, 0.05) is 19.1 Å². The van der Waals surface area contributed by atoms with Crippen molar-refractivity contribution in [3.63, 3.8) is 0 Å². The van der Waals surface area contributed by atoms with Gasteiger partial charge >= 0.3 is 0 Å². The first kappa shape index (κ1) is 20.6. The molecule has 6 nitrogen and oxygen atoms in total. The Morgan fingerprint density at radius 1 is 0.783 bits per heavy atom. The molecule has 128 valence electrons. The van der Waals surface area contributed by atoms with Crippen LogP contribution in [0.15, 0.2) is 38.0 Å². The van der Waals surface area contributed by atoms with Crippen LogP contribution in [0.3, 0.4) is 0 Å². The monoisotopic (exact) mass is 321 g/mol. The second kappa shape index (κ2) is 13.3. The van der Waals surface area contributed by atoms with E-state index in [0.717, 1.165) is 32.1 Å². The zero-order chi connectivity index (χ0) is 17.5. The van der Waals surface area contributed by atoms with E-state index in [0.29, 0.717) is 13.1 Å². The summed E-state index contributed by atoms with van der Waals surface area (Å²) >= 11 is 0. The van der Waals surface area contributed by atoms with Crippen LogP contribution in [0, 0.1) is 0 Å². The summed E-state index contributed by atoms with van der Waals surface area (Å²) in [5, 5.41) is 8.20. The van der Waals surface area contributed by atoms with Crippen LogP contribution in [0.5, 0.6) is 0 Å². The van der Waals surface area contributed by atoms with Crippen LogP contribution in [-0.2, 0) is 14.4 Å². The Morgan fingerprint density at radius 3 is 1.96 bits per heavy atom. The lowest BCUT2D eigenvalue weighted by Gasteiger charge is -2.18. The van der Waals surface area contributed by atoms with E-state index in [-0.39, 0.29) is 23.8 Å². The van der Waals surface area contributed by atoms with E-state index in [4.69, 9.17) is 0 Å². The summed E-state index contributed by atoms with van der Waals surface area (Å²) < 4.78 is 0. The van der Waals surface area contributed by atoms with Crippen LogP contribution < -0.4 is 16.0 Å². The smallest absolute Gasteiger partial charge is 0.243 e. The molecule has 23 heavy (non-hydrogen) atoms. The Bertz CT molecular complexity index is 433. The first-order valence-electron chi connectivity index (χ1n) is 7.77. The fourth-order valence-corrected chi connectivity index (χ4v) is 1.93. The van der Waals surface area contributed by atoms with Gasteiger partial charge in [-0.25, -0.2) is 0 Å². The molecule has 0 aromatic heterocycles. The lowest BCUT2D eigenvalue weighted by molar-refractivity contribution is -0.119. The largest absolute Gasteiger partial charge is 0.353 e. The molecule has 0 aliphatic heterocycles. The van der Waals surface area contributed by atoms with Crippen molar-refractivity contribution in [2.24, 2.45) is 0 Å². The number of carbonyl (C=O) groups excluding carboxylic acids is 3. The van der Waals surface area contributed by atoms with Crippen molar-refractivity contribution >= 4 is 17.7 Å². The van der Waals surface area contributed by atoms with E-state index in [9.17, 15) is 14.4 Å². The van der Waals surface area contributed by atoms with E-state index in [1.807, 2.05) is 0 Å². The van der Waals surface area contributed by atoms with E-state index >= 15 is 0 Å². The van der Waals surface area contributed by atoms with E-state index in [1.165, 1.54) is 18.2 Å².